The molecule has 1 aliphatic heterocycles. The van der Waals surface area contributed by atoms with Crippen LogP contribution in [0.3, 0.4) is 0 Å². The highest BCUT2D eigenvalue weighted by atomic mass is 32.2. The van der Waals surface area contributed by atoms with E-state index in [1.54, 1.807) is 54.6 Å². The van der Waals surface area contributed by atoms with Gasteiger partial charge in [0.25, 0.3) is 0 Å². The van der Waals surface area contributed by atoms with Crippen LogP contribution in [-0.4, -0.2) is 57.6 Å². The number of benzene rings is 3. The van der Waals surface area contributed by atoms with E-state index in [2.05, 4.69) is 4.18 Å². The van der Waals surface area contributed by atoms with Crippen LogP contribution in [0.25, 0.3) is 0 Å². The molecule has 4 rings (SSSR count). The van der Waals surface area contributed by atoms with Gasteiger partial charge in [-0.15, -0.1) is 0 Å². The monoisotopic (exact) mass is 594 g/mol. The topological polar surface area (TPSA) is 114 Å². The van der Waals surface area contributed by atoms with Crippen molar-refractivity contribution in [3.63, 3.8) is 0 Å². The van der Waals surface area contributed by atoms with Gasteiger partial charge in [0, 0.05) is 5.92 Å². The van der Waals surface area contributed by atoms with Crippen molar-refractivity contribution in [2.75, 3.05) is 13.2 Å². The standard InChI is InChI=1S/C28H25F3O9S/c29-28(30,31)41(34,35)40-24-22(17-36-16-19-10-4-1-5-11-19)23(18-37-25(32)20-12-6-2-7-13-20)38-27(24)39-26(33)21-14-8-3-9-15-21/h1-15,22-24,27H,16-18H2/t22?,23-,24?,27-/m1/s1. The molecule has 0 N–H and O–H groups in total. The van der Waals surface area contributed by atoms with Crippen molar-refractivity contribution >= 4 is 22.1 Å². The van der Waals surface area contributed by atoms with Gasteiger partial charge in [-0.1, -0.05) is 66.7 Å². The van der Waals surface area contributed by atoms with Crippen LogP contribution < -0.4 is 0 Å². The molecule has 0 saturated carbocycles. The van der Waals surface area contributed by atoms with Crippen LogP contribution in [0, 0.1) is 5.92 Å². The van der Waals surface area contributed by atoms with Crippen LogP contribution in [0.4, 0.5) is 13.2 Å². The number of esters is 2. The molecule has 0 bridgehead atoms. The molecule has 0 aromatic heterocycles. The van der Waals surface area contributed by atoms with Crippen molar-refractivity contribution in [2.24, 2.45) is 5.92 Å². The minimum absolute atomic E-state index is 0.0150. The van der Waals surface area contributed by atoms with Crippen molar-refractivity contribution < 1.29 is 54.3 Å². The second kappa shape index (κ2) is 13.3. The molecule has 0 radical (unpaired) electrons. The van der Waals surface area contributed by atoms with Crippen molar-refractivity contribution in [3.05, 3.63) is 108 Å². The van der Waals surface area contributed by atoms with Crippen LogP contribution in [0.2, 0.25) is 0 Å². The molecule has 1 fully saturated rings. The Morgan fingerprint density at radius 2 is 1.32 bits per heavy atom. The summed E-state index contributed by atoms with van der Waals surface area (Å²) in [5.41, 5.74) is -4.81. The molecule has 1 aliphatic rings. The molecule has 3 aromatic carbocycles. The van der Waals surface area contributed by atoms with E-state index in [-0.39, 0.29) is 24.3 Å². The zero-order chi connectivity index (χ0) is 29.5. The first kappa shape index (κ1) is 30.2. The second-order valence-electron chi connectivity index (χ2n) is 8.90. The van der Waals surface area contributed by atoms with Crippen molar-refractivity contribution in [2.45, 2.75) is 30.6 Å². The normalized spacial score (nSPS) is 20.9. The number of carbonyl (C=O) groups excluding carboxylic acids is 2. The predicted octanol–water partition coefficient (Wildman–Crippen LogP) is 4.49. The number of ether oxygens (including phenoxy) is 4. The lowest BCUT2D eigenvalue weighted by atomic mass is 10.00. The van der Waals surface area contributed by atoms with Crippen LogP contribution in [0.5, 0.6) is 0 Å². The zero-order valence-electron chi connectivity index (χ0n) is 21.3. The van der Waals surface area contributed by atoms with E-state index >= 15 is 0 Å². The van der Waals surface area contributed by atoms with Crippen LogP contribution in [0.1, 0.15) is 26.3 Å². The molecule has 1 heterocycles. The lowest BCUT2D eigenvalue weighted by Crippen LogP contribution is -2.41. The fourth-order valence-electron chi connectivity index (χ4n) is 3.99. The molecule has 0 aliphatic carbocycles. The molecular formula is C28H25F3O9S. The smallest absolute Gasteiger partial charge is 0.459 e. The van der Waals surface area contributed by atoms with Crippen molar-refractivity contribution in [3.8, 4) is 0 Å². The third-order valence-electron chi connectivity index (χ3n) is 6.04. The van der Waals surface area contributed by atoms with E-state index in [1.807, 2.05) is 0 Å². The highest BCUT2D eigenvalue weighted by Gasteiger charge is 2.56. The van der Waals surface area contributed by atoms with Crippen LogP contribution >= 0.6 is 0 Å². The Balaban J connectivity index is 1.59. The van der Waals surface area contributed by atoms with E-state index in [1.165, 1.54) is 36.4 Å². The summed E-state index contributed by atoms with van der Waals surface area (Å²) < 4.78 is 90.5. The molecule has 4 atom stereocenters. The number of rotatable bonds is 11. The molecule has 0 amide bonds. The molecule has 9 nitrogen and oxygen atoms in total. The summed E-state index contributed by atoms with van der Waals surface area (Å²) in [6, 6.07) is 24.1. The average Bonchev–Trinajstić information content (AvgIpc) is 3.27. The maximum atomic E-state index is 13.3. The number of hydrogen-bond donors (Lipinski definition) is 0. The Labute approximate surface area is 233 Å². The van der Waals surface area contributed by atoms with E-state index in [9.17, 15) is 31.2 Å². The Bertz CT molecular complexity index is 1400. The Morgan fingerprint density at radius 1 is 0.780 bits per heavy atom. The lowest BCUT2D eigenvalue weighted by Gasteiger charge is -2.24. The lowest BCUT2D eigenvalue weighted by molar-refractivity contribution is -0.138. The summed E-state index contributed by atoms with van der Waals surface area (Å²) in [7, 11) is -6.16. The molecule has 41 heavy (non-hydrogen) atoms. The summed E-state index contributed by atoms with van der Waals surface area (Å²) >= 11 is 0. The summed E-state index contributed by atoms with van der Waals surface area (Å²) in [6.07, 6.45) is -5.16. The first-order chi connectivity index (χ1) is 19.5. The number of hydrogen-bond acceptors (Lipinski definition) is 9. The van der Waals surface area contributed by atoms with E-state index < -0.39 is 58.6 Å². The average molecular weight is 595 g/mol. The summed E-state index contributed by atoms with van der Waals surface area (Å²) in [5, 5.41) is 0. The van der Waals surface area contributed by atoms with E-state index in [0.29, 0.717) is 0 Å². The predicted molar refractivity (Wildman–Crippen MR) is 137 cm³/mol. The van der Waals surface area contributed by atoms with Gasteiger partial charge < -0.3 is 18.9 Å². The van der Waals surface area contributed by atoms with Gasteiger partial charge in [0.2, 0.25) is 6.29 Å². The molecule has 2 unspecified atom stereocenters. The summed E-state index contributed by atoms with van der Waals surface area (Å²) in [4.78, 5) is 25.2. The van der Waals surface area contributed by atoms with Crippen molar-refractivity contribution in [1.82, 2.24) is 0 Å². The highest BCUT2D eigenvalue weighted by molar-refractivity contribution is 7.87. The Hall–Kier alpha value is -3.78. The van der Waals surface area contributed by atoms with Crippen LogP contribution in [0.15, 0.2) is 91.0 Å². The minimum Gasteiger partial charge on any atom is -0.459 e. The third kappa shape index (κ3) is 7.91. The highest BCUT2D eigenvalue weighted by Crippen LogP contribution is 2.36. The van der Waals surface area contributed by atoms with E-state index in [4.69, 9.17) is 18.9 Å². The zero-order valence-corrected chi connectivity index (χ0v) is 22.1. The number of carbonyl (C=O) groups is 2. The summed E-state index contributed by atoms with van der Waals surface area (Å²) in [5.74, 6) is -3.03. The van der Waals surface area contributed by atoms with Crippen molar-refractivity contribution in [1.29, 1.82) is 0 Å². The molecule has 3 aromatic rings. The third-order valence-corrected chi connectivity index (χ3v) is 7.08. The fourth-order valence-corrected chi connectivity index (χ4v) is 4.63. The molecular weight excluding hydrogens is 569 g/mol. The maximum Gasteiger partial charge on any atom is 0.523 e. The molecule has 0 spiro atoms. The van der Waals surface area contributed by atoms with Gasteiger partial charge in [-0.25, -0.2) is 9.59 Å². The van der Waals surface area contributed by atoms with Crippen LogP contribution in [-0.2, 0) is 39.9 Å². The fraction of sp³-hybridized carbons (Fsp3) is 0.286. The molecule has 1 saturated heterocycles. The second-order valence-corrected chi connectivity index (χ2v) is 10.5. The molecule has 13 heteroatoms. The quantitative estimate of drug-likeness (QED) is 0.180. The minimum atomic E-state index is -6.16. The van der Waals surface area contributed by atoms with E-state index in [0.717, 1.165) is 5.56 Å². The van der Waals surface area contributed by atoms with Gasteiger partial charge in [-0.05, 0) is 29.8 Å². The van der Waals surface area contributed by atoms with Gasteiger partial charge in [0.1, 0.15) is 18.8 Å². The SMILES string of the molecule is O=C(OC[C@H]1O[C@H](OC(=O)c2ccccc2)C(OS(=O)(=O)C(F)(F)F)C1COCc1ccccc1)c1ccccc1. The van der Waals surface area contributed by atoms with Gasteiger partial charge >= 0.3 is 27.6 Å². The first-order valence-corrected chi connectivity index (χ1v) is 13.7. The largest absolute Gasteiger partial charge is 0.523 e. The Kier molecular flexibility index (Phi) is 9.76. The van der Waals surface area contributed by atoms with Gasteiger partial charge in [-0.2, -0.15) is 21.6 Å². The Morgan fingerprint density at radius 3 is 1.88 bits per heavy atom. The first-order valence-electron chi connectivity index (χ1n) is 12.3. The number of halogens is 3. The maximum absolute atomic E-state index is 13.3. The van der Waals surface area contributed by atoms with Gasteiger partial charge in [-0.3, -0.25) is 4.18 Å². The number of alkyl halides is 3. The molecule has 218 valence electrons. The van der Waals surface area contributed by atoms with Gasteiger partial charge in [0.05, 0.1) is 24.3 Å². The van der Waals surface area contributed by atoms with Gasteiger partial charge in [0.15, 0.2) is 0 Å². The summed E-state index contributed by atoms with van der Waals surface area (Å²) in [6.45, 7) is -0.903.